The number of carbonyl (C=O) groups is 2. The smallest absolute Gasteiger partial charge is 0.252 e. The van der Waals surface area contributed by atoms with E-state index in [0.717, 1.165) is 37.4 Å². The summed E-state index contributed by atoms with van der Waals surface area (Å²) in [5, 5.41) is 3.61. The molecule has 2 aromatic rings. The fourth-order valence-electron chi connectivity index (χ4n) is 5.31. The topological polar surface area (TPSA) is 52.6 Å². The number of benzene rings is 2. The molecule has 0 saturated carbocycles. The van der Waals surface area contributed by atoms with Gasteiger partial charge in [0.05, 0.1) is 0 Å². The molecule has 0 bridgehead atoms. The van der Waals surface area contributed by atoms with Crippen molar-refractivity contribution in [3.8, 4) is 0 Å². The third-order valence-electron chi connectivity index (χ3n) is 7.51. The standard InChI is InChI=1S/C27H34ClN3O2/c1-27(23-6-4-3-5-7-23,29-25(32)22-8-10-24(28)11-9-22)26(33)31-18-14-21(15-19-31)20-12-16-30(2)17-13-20/h3-11,20-21H,12-19H2,1-2H3,(H,29,32)/t27-/m1/s1. The number of nitrogens with zero attached hydrogens (tertiary/aromatic N) is 2. The lowest BCUT2D eigenvalue weighted by Crippen LogP contribution is -2.57. The van der Waals surface area contributed by atoms with E-state index in [4.69, 9.17) is 11.6 Å². The molecule has 4 rings (SSSR count). The van der Waals surface area contributed by atoms with Crippen LogP contribution in [0.25, 0.3) is 0 Å². The monoisotopic (exact) mass is 467 g/mol. The van der Waals surface area contributed by atoms with Crippen molar-refractivity contribution in [2.45, 2.75) is 38.1 Å². The number of piperidine rings is 2. The highest BCUT2D eigenvalue weighted by molar-refractivity contribution is 6.30. The van der Waals surface area contributed by atoms with Crippen LogP contribution in [-0.2, 0) is 10.3 Å². The molecule has 2 aliphatic rings. The maximum absolute atomic E-state index is 13.9. The van der Waals surface area contributed by atoms with Crippen LogP contribution in [0.5, 0.6) is 0 Å². The Kier molecular flexibility index (Phi) is 7.40. The fourth-order valence-corrected chi connectivity index (χ4v) is 5.44. The van der Waals surface area contributed by atoms with E-state index in [1.807, 2.05) is 42.2 Å². The molecule has 2 saturated heterocycles. The molecule has 0 unspecified atom stereocenters. The van der Waals surface area contributed by atoms with Crippen LogP contribution in [0.2, 0.25) is 5.02 Å². The largest absolute Gasteiger partial charge is 0.340 e. The third kappa shape index (κ3) is 5.42. The van der Waals surface area contributed by atoms with Crippen LogP contribution >= 0.6 is 11.6 Å². The average Bonchev–Trinajstić information content (AvgIpc) is 2.85. The minimum atomic E-state index is -1.14. The van der Waals surface area contributed by atoms with Crippen molar-refractivity contribution in [2.24, 2.45) is 11.8 Å². The molecule has 0 aliphatic carbocycles. The van der Waals surface area contributed by atoms with Crippen molar-refractivity contribution >= 4 is 23.4 Å². The van der Waals surface area contributed by atoms with Crippen LogP contribution in [0.4, 0.5) is 0 Å². The van der Waals surface area contributed by atoms with Gasteiger partial charge < -0.3 is 15.1 Å². The number of rotatable bonds is 5. The Morgan fingerprint density at radius 2 is 1.42 bits per heavy atom. The van der Waals surface area contributed by atoms with Gasteiger partial charge in [-0.05, 0) is 94.4 Å². The summed E-state index contributed by atoms with van der Waals surface area (Å²) in [5.41, 5.74) is 0.128. The highest BCUT2D eigenvalue weighted by Crippen LogP contribution is 2.34. The van der Waals surface area contributed by atoms with Gasteiger partial charge in [-0.25, -0.2) is 0 Å². The predicted molar refractivity (Wildman–Crippen MR) is 132 cm³/mol. The van der Waals surface area contributed by atoms with Gasteiger partial charge in [-0.2, -0.15) is 0 Å². The van der Waals surface area contributed by atoms with Crippen LogP contribution in [0.3, 0.4) is 0 Å². The maximum atomic E-state index is 13.9. The number of likely N-dealkylation sites (tertiary alicyclic amines) is 2. The van der Waals surface area contributed by atoms with E-state index in [1.165, 1.54) is 25.9 Å². The first-order valence-electron chi connectivity index (χ1n) is 12.0. The second-order valence-corrected chi connectivity index (χ2v) is 10.2. The van der Waals surface area contributed by atoms with Crippen LogP contribution in [-0.4, -0.2) is 54.8 Å². The first-order chi connectivity index (χ1) is 15.9. The van der Waals surface area contributed by atoms with Crippen molar-refractivity contribution in [1.29, 1.82) is 0 Å². The molecule has 2 aliphatic heterocycles. The molecule has 1 N–H and O–H groups in total. The van der Waals surface area contributed by atoms with E-state index in [0.29, 0.717) is 16.5 Å². The van der Waals surface area contributed by atoms with E-state index in [2.05, 4.69) is 17.3 Å². The van der Waals surface area contributed by atoms with Crippen LogP contribution < -0.4 is 5.32 Å². The zero-order valence-corrected chi connectivity index (χ0v) is 20.4. The highest BCUT2D eigenvalue weighted by atomic mass is 35.5. The minimum absolute atomic E-state index is 0.0437. The van der Waals surface area contributed by atoms with Crippen molar-refractivity contribution < 1.29 is 9.59 Å². The first kappa shape index (κ1) is 23.8. The highest BCUT2D eigenvalue weighted by Gasteiger charge is 2.41. The maximum Gasteiger partial charge on any atom is 0.252 e. The summed E-state index contributed by atoms with van der Waals surface area (Å²) in [6.45, 7) is 5.66. The molecule has 2 heterocycles. The summed E-state index contributed by atoms with van der Waals surface area (Å²) in [6.07, 6.45) is 4.59. The molecule has 1 atom stereocenters. The molecule has 33 heavy (non-hydrogen) atoms. The number of hydrogen-bond donors (Lipinski definition) is 1. The summed E-state index contributed by atoms with van der Waals surface area (Å²) in [4.78, 5) is 31.3. The lowest BCUT2D eigenvalue weighted by Gasteiger charge is -2.42. The molecule has 0 aromatic heterocycles. The van der Waals surface area contributed by atoms with Crippen molar-refractivity contribution in [2.75, 3.05) is 33.2 Å². The zero-order valence-electron chi connectivity index (χ0n) is 19.6. The van der Waals surface area contributed by atoms with Gasteiger partial charge >= 0.3 is 0 Å². The summed E-state index contributed by atoms with van der Waals surface area (Å²) in [7, 11) is 2.19. The quantitative estimate of drug-likeness (QED) is 0.701. The molecule has 6 heteroatoms. The number of halogens is 1. The summed E-state index contributed by atoms with van der Waals surface area (Å²) < 4.78 is 0. The molecular formula is C27H34ClN3O2. The Morgan fingerprint density at radius 1 is 0.879 bits per heavy atom. The normalized spacial score (nSPS) is 20.3. The second kappa shape index (κ2) is 10.3. The minimum Gasteiger partial charge on any atom is -0.340 e. The van der Waals surface area contributed by atoms with Crippen LogP contribution in [0.1, 0.15) is 48.5 Å². The van der Waals surface area contributed by atoms with Gasteiger partial charge in [-0.1, -0.05) is 41.9 Å². The lowest BCUT2D eigenvalue weighted by atomic mass is 9.78. The molecule has 0 radical (unpaired) electrons. The van der Waals surface area contributed by atoms with Crippen molar-refractivity contribution in [1.82, 2.24) is 15.1 Å². The predicted octanol–water partition coefficient (Wildman–Crippen LogP) is 4.57. The molecular weight excluding hydrogens is 434 g/mol. The summed E-state index contributed by atoms with van der Waals surface area (Å²) in [5.74, 6) is 1.13. The second-order valence-electron chi connectivity index (χ2n) is 9.72. The Balaban J connectivity index is 1.48. The Labute approximate surface area is 202 Å². The number of hydrogen-bond acceptors (Lipinski definition) is 3. The van der Waals surface area contributed by atoms with Crippen LogP contribution in [0, 0.1) is 11.8 Å². The van der Waals surface area contributed by atoms with Crippen LogP contribution in [0.15, 0.2) is 54.6 Å². The molecule has 5 nitrogen and oxygen atoms in total. The SMILES string of the molecule is CN1CCC(C2CCN(C(=O)[C@](C)(NC(=O)c3ccc(Cl)cc3)c3ccccc3)CC2)CC1. The summed E-state index contributed by atoms with van der Waals surface area (Å²) >= 11 is 5.98. The van der Waals surface area contributed by atoms with Gasteiger partial charge in [0.25, 0.3) is 11.8 Å². The number of nitrogens with one attached hydrogen (secondary N) is 1. The Hall–Kier alpha value is -2.37. The van der Waals surface area contributed by atoms with Gasteiger partial charge in [0, 0.05) is 23.7 Å². The average molecular weight is 468 g/mol. The Bertz CT molecular complexity index is 949. The van der Waals surface area contributed by atoms with Gasteiger partial charge in [0.15, 0.2) is 0 Å². The third-order valence-corrected chi connectivity index (χ3v) is 7.76. The lowest BCUT2D eigenvalue weighted by molar-refractivity contribution is -0.139. The summed E-state index contributed by atoms with van der Waals surface area (Å²) in [6, 6.07) is 16.3. The number of amides is 2. The van der Waals surface area contributed by atoms with E-state index in [1.54, 1.807) is 24.3 Å². The van der Waals surface area contributed by atoms with E-state index >= 15 is 0 Å². The molecule has 176 valence electrons. The van der Waals surface area contributed by atoms with Gasteiger partial charge in [-0.3, -0.25) is 9.59 Å². The van der Waals surface area contributed by atoms with Gasteiger partial charge in [0.1, 0.15) is 5.54 Å². The molecule has 2 fully saturated rings. The van der Waals surface area contributed by atoms with E-state index < -0.39 is 5.54 Å². The van der Waals surface area contributed by atoms with E-state index in [-0.39, 0.29) is 11.8 Å². The van der Waals surface area contributed by atoms with Gasteiger partial charge in [-0.15, -0.1) is 0 Å². The zero-order chi connectivity index (χ0) is 23.4. The van der Waals surface area contributed by atoms with Gasteiger partial charge in [0.2, 0.25) is 0 Å². The molecule has 2 amide bonds. The molecule has 2 aromatic carbocycles. The van der Waals surface area contributed by atoms with Crippen molar-refractivity contribution in [3.63, 3.8) is 0 Å². The van der Waals surface area contributed by atoms with Crippen molar-refractivity contribution in [3.05, 3.63) is 70.7 Å². The number of carbonyl (C=O) groups excluding carboxylic acids is 2. The van der Waals surface area contributed by atoms with E-state index in [9.17, 15) is 9.59 Å². The fraction of sp³-hybridized carbons (Fsp3) is 0.481. The molecule has 0 spiro atoms. The Morgan fingerprint density at radius 3 is 2.00 bits per heavy atom. The first-order valence-corrected chi connectivity index (χ1v) is 12.4.